The SMILES string of the molecule is C=C(C)/C=C\C(=C)OC.CC1CCC(C2CCC(C=O)CC2)CC1. The molecule has 0 aromatic carbocycles. The van der Waals surface area contributed by atoms with E-state index in [4.69, 9.17) is 4.74 Å². The Hall–Kier alpha value is -1.31. The summed E-state index contributed by atoms with van der Waals surface area (Å²) in [5, 5.41) is 0. The number of methoxy groups -OCH3 is 1. The maximum atomic E-state index is 10.7. The van der Waals surface area contributed by atoms with Gasteiger partial charge in [-0.05, 0) is 69.3 Å². The summed E-state index contributed by atoms with van der Waals surface area (Å²) in [6.45, 7) is 11.6. The molecule has 0 radical (unpaired) electrons. The number of rotatable bonds is 5. The van der Waals surface area contributed by atoms with Gasteiger partial charge in [0, 0.05) is 5.92 Å². The average Bonchev–Trinajstić information content (AvgIpc) is 2.61. The molecule has 0 amide bonds. The Balaban J connectivity index is 0.000000277. The first-order valence-electron chi connectivity index (χ1n) is 9.48. The second-order valence-electron chi connectivity index (χ2n) is 7.68. The lowest BCUT2D eigenvalue weighted by Crippen LogP contribution is -2.25. The zero-order valence-corrected chi connectivity index (χ0v) is 15.9. The minimum Gasteiger partial charge on any atom is -0.497 e. The third-order valence-electron chi connectivity index (χ3n) is 5.55. The summed E-state index contributed by atoms with van der Waals surface area (Å²) in [6, 6.07) is 0. The standard InChI is InChI=1S/C14H24O.C8H12O/c1-11-2-6-13(7-3-11)14-8-4-12(10-15)5-9-14;1-7(2)5-6-8(3)9-4/h10-14H,2-9H2,1H3;5-6H,1,3H2,2,4H3/b;6-5-. The summed E-state index contributed by atoms with van der Waals surface area (Å²) in [4.78, 5) is 10.7. The quantitative estimate of drug-likeness (QED) is 0.345. The van der Waals surface area contributed by atoms with Crippen LogP contribution >= 0.6 is 0 Å². The van der Waals surface area contributed by atoms with Crippen molar-refractivity contribution in [3.63, 3.8) is 0 Å². The predicted molar refractivity (Wildman–Crippen MR) is 103 cm³/mol. The van der Waals surface area contributed by atoms with Gasteiger partial charge >= 0.3 is 0 Å². The van der Waals surface area contributed by atoms with E-state index < -0.39 is 0 Å². The van der Waals surface area contributed by atoms with Gasteiger partial charge in [0.05, 0.1) is 7.11 Å². The molecule has 0 heterocycles. The molecule has 2 aliphatic carbocycles. The third kappa shape index (κ3) is 7.99. The van der Waals surface area contributed by atoms with Crippen molar-refractivity contribution in [2.75, 3.05) is 7.11 Å². The van der Waals surface area contributed by atoms with Crippen molar-refractivity contribution in [2.24, 2.45) is 23.7 Å². The van der Waals surface area contributed by atoms with Crippen LogP contribution in [0.15, 0.2) is 36.6 Å². The average molecular weight is 333 g/mol. The zero-order chi connectivity index (χ0) is 17.9. The van der Waals surface area contributed by atoms with Crippen LogP contribution in [0.2, 0.25) is 0 Å². The largest absolute Gasteiger partial charge is 0.497 e. The first-order chi connectivity index (χ1) is 11.5. The van der Waals surface area contributed by atoms with Crippen LogP contribution in [-0.4, -0.2) is 13.4 Å². The summed E-state index contributed by atoms with van der Waals surface area (Å²) in [5.41, 5.74) is 0.994. The number of hydrogen-bond acceptors (Lipinski definition) is 2. The lowest BCUT2D eigenvalue weighted by molar-refractivity contribution is -0.112. The molecule has 2 aliphatic rings. The van der Waals surface area contributed by atoms with Gasteiger partial charge in [-0.15, -0.1) is 0 Å². The molecular weight excluding hydrogens is 296 g/mol. The van der Waals surface area contributed by atoms with E-state index >= 15 is 0 Å². The van der Waals surface area contributed by atoms with E-state index in [1.807, 2.05) is 13.0 Å². The molecule has 2 saturated carbocycles. The topological polar surface area (TPSA) is 26.3 Å². The summed E-state index contributed by atoms with van der Waals surface area (Å²) in [5.74, 6) is 3.96. The summed E-state index contributed by atoms with van der Waals surface area (Å²) >= 11 is 0. The third-order valence-corrected chi connectivity index (χ3v) is 5.55. The Bertz CT molecular complexity index is 419. The molecule has 0 aromatic rings. The van der Waals surface area contributed by atoms with Crippen LogP contribution in [0.5, 0.6) is 0 Å². The number of hydrogen-bond donors (Lipinski definition) is 0. The van der Waals surface area contributed by atoms with E-state index in [9.17, 15) is 4.79 Å². The van der Waals surface area contributed by atoms with Gasteiger partial charge in [0.15, 0.2) is 0 Å². The summed E-state index contributed by atoms with van der Waals surface area (Å²) in [7, 11) is 1.59. The van der Waals surface area contributed by atoms with E-state index in [0.717, 1.165) is 23.3 Å². The predicted octanol–water partition coefficient (Wildman–Crippen LogP) is 6.10. The molecule has 2 rings (SSSR count). The molecule has 0 bridgehead atoms. The fourth-order valence-corrected chi connectivity index (χ4v) is 3.81. The molecular formula is C22H36O2. The molecule has 0 saturated heterocycles. The van der Waals surface area contributed by atoms with E-state index in [-0.39, 0.29) is 0 Å². The molecule has 0 N–H and O–H groups in total. The minimum absolute atomic E-state index is 0.392. The number of allylic oxidation sites excluding steroid dienone is 3. The zero-order valence-electron chi connectivity index (χ0n) is 15.9. The molecule has 0 spiro atoms. The van der Waals surface area contributed by atoms with Crippen molar-refractivity contribution < 1.29 is 9.53 Å². The van der Waals surface area contributed by atoms with Crippen LogP contribution < -0.4 is 0 Å². The Morgan fingerprint density at radius 2 is 1.42 bits per heavy atom. The number of ether oxygens (including phenoxy) is 1. The van der Waals surface area contributed by atoms with E-state index in [1.54, 1.807) is 13.2 Å². The molecule has 0 unspecified atom stereocenters. The van der Waals surface area contributed by atoms with Gasteiger partial charge in [-0.3, -0.25) is 0 Å². The van der Waals surface area contributed by atoms with Crippen molar-refractivity contribution in [3.05, 3.63) is 36.6 Å². The molecule has 0 atom stereocenters. The Morgan fingerprint density at radius 1 is 0.917 bits per heavy atom. The van der Waals surface area contributed by atoms with Gasteiger partial charge in [-0.1, -0.05) is 44.6 Å². The van der Waals surface area contributed by atoms with Crippen molar-refractivity contribution >= 4 is 6.29 Å². The van der Waals surface area contributed by atoms with Crippen LogP contribution in [0.25, 0.3) is 0 Å². The van der Waals surface area contributed by atoms with Crippen molar-refractivity contribution in [2.45, 2.75) is 65.2 Å². The van der Waals surface area contributed by atoms with Crippen LogP contribution in [0.3, 0.4) is 0 Å². The minimum atomic E-state index is 0.392. The smallest absolute Gasteiger partial charge is 0.123 e. The number of carbonyl (C=O) groups excluding carboxylic acids is 1. The molecule has 136 valence electrons. The van der Waals surface area contributed by atoms with Gasteiger partial charge in [-0.2, -0.15) is 0 Å². The van der Waals surface area contributed by atoms with Crippen LogP contribution in [0, 0.1) is 23.7 Å². The lowest BCUT2D eigenvalue weighted by Gasteiger charge is -2.36. The highest BCUT2D eigenvalue weighted by Crippen LogP contribution is 2.40. The second-order valence-corrected chi connectivity index (χ2v) is 7.68. The Kier molecular flexibility index (Phi) is 9.75. The summed E-state index contributed by atoms with van der Waals surface area (Å²) < 4.78 is 4.78. The highest BCUT2D eigenvalue weighted by atomic mass is 16.5. The maximum Gasteiger partial charge on any atom is 0.123 e. The van der Waals surface area contributed by atoms with Gasteiger partial charge in [-0.25, -0.2) is 0 Å². The molecule has 2 heteroatoms. The van der Waals surface area contributed by atoms with Gasteiger partial charge in [0.2, 0.25) is 0 Å². The second kappa shape index (κ2) is 11.3. The first kappa shape index (κ1) is 20.7. The van der Waals surface area contributed by atoms with Crippen LogP contribution in [-0.2, 0) is 9.53 Å². The van der Waals surface area contributed by atoms with Crippen molar-refractivity contribution in [1.82, 2.24) is 0 Å². The highest BCUT2D eigenvalue weighted by Gasteiger charge is 2.29. The number of aldehydes is 1. The normalized spacial score (nSPS) is 30.1. The van der Waals surface area contributed by atoms with Crippen molar-refractivity contribution in [3.8, 4) is 0 Å². The fraction of sp³-hybridized carbons (Fsp3) is 0.682. The van der Waals surface area contributed by atoms with Crippen molar-refractivity contribution in [1.29, 1.82) is 0 Å². The molecule has 0 aromatic heterocycles. The Morgan fingerprint density at radius 3 is 1.83 bits per heavy atom. The fourth-order valence-electron chi connectivity index (χ4n) is 3.81. The molecule has 2 nitrogen and oxygen atoms in total. The first-order valence-corrected chi connectivity index (χ1v) is 9.48. The van der Waals surface area contributed by atoms with E-state index in [1.165, 1.54) is 57.7 Å². The number of carbonyl (C=O) groups is 1. The van der Waals surface area contributed by atoms with E-state index in [2.05, 4.69) is 20.1 Å². The monoisotopic (exact) mass is 332 g/mol. The lowest BCUT2D eigenvalue weighted by atomic mass is 9.70. The molecule has 0 aliphatic heterocycles. The Labute approximate surface area is 149 Å². The van der Waals surface area contributed by atoms with Gasteiger partial charge in [0.25, 0.3) is 0 Å². The molecule has 2 fully saturated rings. The van der Waals surface area contributed by atoms with Gasteiger partial charge < -0.3 is 9.53 Å². The van der Waals surface area contributed by atoms with E-state index in [0.29, 0.717) is 11.7 Å². The summed E-state index contributed by atoms with van der Waals surface area (Å²) in [6.07, 6.45) is 15.6. The maximum absolute atomic E-state index is 10.7. The van der Waals surface area contributed by atoms with Crippen LogP contribution in [0.4, 0.5) is 0 Å². The molecule has 24 heavy (non-hydrogen) atoms. The van der Waals surface area contributed by atoms with Gasteiger partial charge in [0.1, 0.15) is 12.0 Å². The van der Waals surface area contributed by atoms with Crippen LogP contribution in [0.1, 0.15) is 65.2 Å². The highest BCUT2D eigenvalue weighted by molar-refractivity contribution is 5.53.